The maximum Gasteiger partial charge on any atom is 0.253 e. The smallest absolute Gasteiger partial charge is 0.253 e. The van der Waals surface area contributed by atoms with Crippen LogP contribution in [-0.2, 0) is 4.79 Å². The topological polar surface area (TPSA) is 61.9 Å². The first-order chi connectivity index (χ1) is 13.2. The van der Waals surface area contributed by atoms with E-state index >= 15 is 0 Å². The van der Waals surface area contributed by atoms with E-state index in [1.807, 2.05) is 23.1 Å². The third-order valence-electron chi connectivity index (χ3n) is 6.25. The molecule has 6 heteroatoms. The highest BCUT2D eigenvalue weighted by Crippen LogP contribution is 2.38. The molecule has 2 fully saturated rings. The molecule has 0 atom stereocenters. The van der Waals surface area contributed by atoms with E-state index in [-0.39, 0.29) is 17.7 Å². The van der Waals surface area contributed by atoms with Gasteiger partial charge in [-0.05, 0) is 56.7 Å². The molecule has 6 nitrogen and oxygen atoms in total. The number of amides is 2. The Morgan fingerprint density at radius 1 is 1.07 bits per heavy atom. The number of fused-ring (bicyclic) bond motifs is 1. The molecule has 1 saturated heterocycles. The molecule has 0 radical (unpaired) electrons. The molecule has 2 heterocycles. The van der Waals surface area contributed by atoms with Gasteiger partial charge in [0.25, 0.3) is 5.91 Å². The quantitative estimate of drug-likeness (QED) is 0.886. The molecule has 1 saturated carbocycles. The molecule has 0 unspecified atom stereocenters. The summed E-state index contributed by atoms with van der Waals surface area (Å²) in [5.41, 5.74) is 1.81. The lowest BCUT2D eigenvalue weighted by Gasteiger charge is -2.41. The number of hydrogen-bond acceptors (Lipinski definition) is 4. The summed E-state index contributed by atoms with van der Waals surface area (Å²) in [6, 6.07) is 6.34. The first kappa shape index (κ1) is 18.1. The second-order valence-electron chi connectivity index (χ2n) is 7.84. The van der Waals surface area contributed by atoms with Crippen molar-refractivity contribution in [1.82, 2.24) is 10.2 Å². The second kappa shape index (κ2) is 7.79. The average molecular weight is 371 g/mol. The van der Waals surface area contributed by atoms with Gasteiger partial charge in [-0.3, -0.25) is 9.59 Å². The van der Waals surface area contributed by atoms with Crippen LogP contribution < -0.4 is 15.0 Å². The minimum atomic E-state index is 0.113. The summed E-state index contributed by atoms with van der Waals surface area (Å²) in [6.07, 6.45) is 6.10. The van der Waals surface area contributed by atoms with Crippen LogP contribution in [0.15, 0.2) is 18.2 Å². The van der Waals surface area contributed by atoms with Crippen LogP contribution in [0.5, 0.6) is 5.75 Å². The van der Waals surface area contributed by atoms with E-state index in [0.717, 1.165) is 75.2 Å². The molecule has 3 aliphatic rings. The van der Waals surface area contributed by atoms with E-state index in [4.69, 9.17) is 4.74 Å². The van der Waals surface area contributed by atoms with Gasteiger partial charge in [-0.1, -0.05) is 0 Å². The van der Waals surface area contributed by atoms with Gasteiger partial charge in [0.1, 0.15) is 12.4 Å². The van der Waals surface area contributed by atoms with Crippen LogP contribution >= 0.6 is 0 Å². The molecular formula is C21H29N3O3. The molecule has 2 amide bonds. The Hall–Kier alpha value is -2.24. The summed E-state index contributed by atoms with van der Waals surface area (Å²) in [7, 11) is 1.72. The van der Waals surface area contributed by atoms with Crippen molar-refractivity contribution in [1.29, 1.82) is 0 Å². The van der Waals surface area contributed by atoms with E-state index < -0.39 is 0 Å². The van der Waals surface area contributed by atoms with E-state index in [1.54, 1.807) is 7.05 Å². The third-order valence-corrected chi connectivity index (χ3v) is 6.25. The largest absolute Gasteiger partial charge is 0.490 e. The van der Waals surface area contributed by atoms with Gasteiger partial charge in [-0.25, -0.2) is 0 Å². The van der Waals surface area contributed by atoms with Crippen molar-refractivity contribution in [2.45, 2.75) is 44.6 Å². The van der Waals surface area contributed by atoms with Crippen molar-refractivity contribution >= 4 is 17.5 Å². The molecule has 1 aromatic carbocycles. The Morgan fingerprint density at radius 2 is 1.81 bits per heavy atom. The zero-order valence-electron chi connectivity index (χ0n) is 16.1. The zero-order valence-corrected chi connectivity index (χ0v) is 16.1. The standard InChI is InChI=1S/C21H29N3O3/c1-22-20(25)15-4-7-17(8-5-15)24-12-13-27-19-14-16(6-9-18(19)24)21(26)23-10-2-3-11-23/h6,9,14-15,17H,2-5,7-8,10-13H2,1H3,(H,22,25). The van der Waals surface area contributed by atoms with Gasteiger partial charge in [0.15, 0.2) is 0 Å². The number of hydrogen-bond donors (Lipinski definition) is 1. The fourth-order valence-corrected chi connectivity index (χ4v) is 4.71. The van der Waals surface area contributed by atoms with Gasteiger partial charge in [0.2, 0.25) is 5.91 Å². The molecular weight excluding hydrogens is 342 g/mol. The van der Waals surface area contributed by atoms with Crippen LogP contribution in [0, 0.1) is 5.92 Å². The molecule has 0 spiro atoms. The highest BCUT2D eigenvalue weighted by Gasteiger charge is 2.32. The molecule has 2 aliphatic heterocycles. The van der Waals surface area contributed by atoms with Crippen LogP contribution in [-0.4, -0.2) is 56.0 Å². The predicted octanol–water partition coefficient (Wildman–Crippen LogP) is 2.43. The van der Waals surface area contributed by atoms with Crippen LogP contribution in [0.25, 0.3) is 0 Å². The number of nitrogens with one attached hydrogen (secondary N) is 1. The number of anilines is 1. The van der Waals surface area contributed by atoms with Gasteiger partial charge >= 0.3 is 0 Å². The molecule has 0 aromatic heterocycles. The lowest BCUT2D eigenvalue weighted by Crippen LogP contribution is -2.44. The normalized spacial score (nSPS) is 24.9. The first-order valence-corrected chi connectivity index (χ1v) is 10.2. The summed E-state index contributed by atoms with van der Waals surface area (Å²) in [5.74, 6) is 1.25. The molecule has 1 aliphatic carbocycles. The van der Waals surface area contributed by atoms with Gasteiger partial charge in [-0.2, -0.15) is 0 Å². The fraction of sp³-hybridized carbons (Fsp3) is 0.619. The molecule has 4 rings (SSSR count). The Bertz CT molecular complexity index is 707. The van der Waals surface area contributed by atoms with Gasteiger partial charge in [-0.15, -0.1) is 0 Å². The van der Waals surface area contributed by atoms with Crippen molar-refractivity contribution in [3.63, 3.8) is 0 Å². The highest BCUT2D eigenvalue weighted by atomic mass is 16.5. The predicted molar refractivity (Wildman–Crippen MR) is 104 cm³/mol. The summed E-state index contributed by atoms with van der Waals surface area (Å²) >= 11 is 0. The summed E-state index contributed by atoms with van der Waals surface area (Å²) < 4.78 is 5.90. The minimum absolute atomic E-state index is 0.113. The van der Waals surface area contributed by atoms with Crippen LogP contribution in [0.2, 0.25) is 0 Å². The highest BCUT2D eigenvalue weighted by molar-refractivity contribution is 5.95. The number of rotatable bonds is 3. The van der Waals surface area contributed by atoms with Crippen molar-refractivity contribution in [3.05, 3.63) is 23.8 Å². The fourth-order valence-electron chi connectivity index (χ4n) is 4.71. The summed E-state index contributed by atoms with van der Waals surface area (Å²) in [6.45, 7) is 3.22. The van der Waals surface area contributed by atoms with E-state index in [0.29, 0.717) is 12.6 Å². The SMILES string of the molecule is CNC(=O)C1CCC(N2CCOc3cc(C(=O)N4CCCC4)ccc32)CC1. The molecule has 1 N–H and O–H groups in total. The van der Waals surface area contributed by atoms with Crippen LogP contribution in [0.1, 0.15) is 48.9 Å². The maximum atomic E-state index is 12.7. The lowest BCUT2D eigenvalue weighted by molar-refractivity contribution is -0.125. The van der Waals surface area contributed by atoms with E-state index in [2.05, 4.69) is 10.2 Å². The van der Waals surface area contributed by atoms with Crippen molar-refractivity contribution < 1.29 is 14.3 Å². The number of likely N-dealkylation sites (tertiary alicyclic amines) is 1. The van der Waals surface area contributed by atoms with E-state index in [1.165, 1.54) is 0 Å². The number of carbonyl (C=O) groups excluding carboxylic acids is 2. The molecule has 146 valence electrons. The van der Waals surface area contributed by atoms with Crippen molar-refractivity contribution in [3.8, 4) is 5.75 Å². The maximum absolute atomic E-state index is 12.7. The number of benzene rings is 1. The molecule has 27 heavy (non-hydrogen) atoms. The number of carbonyl (C=O) groups is 2. The minimum Gasteiger partial charge on any atom is -0.490 e. The Morgan fingerprint density at radius 3 is 2.52 bits per heavy atom. The summed E-state index contributed by atoms with van der Waals surface area (Å²) in [5, 5.41) is 2.78. The first-order valence-electron chi connectivity index (χ1n) is 10.2. The van der Waals surface area contributed by atoms with Crippen molar-refractivity contribution in [2.75, 3.05) is 38.2 Å². The lowest BCUT2D eigenvalue weighted by atomic mass is 9.84. The monoisotopic (exact) mass is 371 g/mol. The Kier molecular flexibility index (Phi) is 5.23. The molecule has 0 bridgehead atoms. The Balaban J connectivity index is 1.47. The van der Waals surface area contributed by atoms with Gasteiger partial charge < -0.3 is 19.9 Å². The van der Waals surface area contributed by atoms with Crippen LogP contribution in [0.3, 0.4) is 0 Å². The number of ether oxygens (including phenoxy) is 1. The molecule has 1 aromatic rings. The summed E-state index contributed by atoms with van der Waals surface area (Å²) in [4.78, 5) is 28.9. The van der Waals surface area contributed by atoms with Gasteiger partial charge in [0, 0.05) is 37.7 Å². The zero-order chi connectivity index (χ0) is 18.8. The van der Waals surface area contributed by atoms with Gasteiger partial charge in [0.05, 0.1) is 12.2 Å². The number of nitrogens with zero attached hydrogens (tertiary/aromatic N) is 2. The second-order valence-corrected chi connectivity index (χ2v) is 7.84. The van der Waals surface area contributed by atoms with Crippen LogP contribution in [0.4, 0.5) is 5.69 Å². The Labute approximate surface area is 160 Å². The van der Waals surface area contributed by atoms with Crippen molar-refractivity contribution in [2.24, 2.45) is 5.92 Å². The van der Waals surface area contributed by atoms with E-state index in [9.17, 15) is 9.59 Å². The third kappa shape index (κ3) is 3.62. The average Bonchev–Trinajstić information content (AvgIpc) is 3.27.